The van der Waals surface area contributed by atoms with Crippen molar-refractivity contribution < 1.29 is 28.2 Å². The summed E-state index contributed by atoms with van der Waals surface area (Å²) in [4.78, 5) is 38.8. The summed E-state index contributed by atoms with van der Waals surface area (Å²) in [7, 11) is 0. The van der Waals surface area contributed by atoms with Crippen LogP contribution in [0.3, 0.4) is 0 Å². The second kappa shape index (κ2) is 12.1. The summed E-state index contributed by atoms with van der Waals surface area (Å²) in [6.07, 6.45) is 4.44. The summed E-state index contributed by atoms with van der Waals surface area (Å²) < 4.78 is 34.0. The van der Waals surface area contributed by atoms with Crippen molar-refractivity contribution in [2.45, 2.75) is 58.2 Å². The number of rotatable bonds is 8. The SMILES string of the molecule is C[C@@H](C(=O)Nc1cnc(Oc2ccc(F)cc2F)cn1)N1CCN(C(=O)C2CCc3c(nnn3CCO)C2)C(C)(C)C1. The molecule has 0 radical (unpaired) electrons. The maximum absolute atomic E-state index is 13.8. The average molecular weight is 585 g/mol. The van der Waals surface area contributed by atoms with E-state index in [4.69, 9.17) is 4.74 Å². The van der Waals surface area contributed by atoms with Crippen molar-refractivity contribution in [1.82, 2.24) is 34.8 Å². The molecule has 2 aromatic heterocycles. The van der Waals surface area contributed by atoms with Crippen LogP contribution in [-0.2, 0) is 29.0 Å². The van der Waals surface area contributed by atoms with Gasteiger partial charge < -0.3 is 20.1 Å². The first-order chi connectivity index (χ1) is 20.1. The van der Waals surface area contributed by atoms with Crippen LogP contribution in [0, 0.1) is 17.6 Å². The molecule has 14 heteroatoms. The van der Waals surface area contributed by atoms with E-state index in [1.807, 2.05) is 23.6 Å². The van der Waals surface area contributed by atoms with E-state index < -0.39 is 23.2 Å². The Labute approximate surface area is 241 Å². The average Bonchev–Trinajstić information content (AvgIpc) is 3.36. The zero-order chi connectivity index (χ0) is 30.0. The van der Waals surface area contributed by atoms with Gasteiger partial charge in [0.1, 0.15) is 5.82 Å². The van der Waals surface area contributed by atoms with Crippen LogP contribution in [0.5, 0.6) is 11.6 Å². The minimum Gasteiger partial charge on any atom is -0.434 e. The molecule has 0 spiro atoms. The number of fused-ring (bicyclic) bond motifs is 1. The standard InChI is InChI=1S/C28H34F2N8O4/c1-17(26(40)33-24-14-32-25(15-31-24)42-23-7-5-19(29)13-20(23)30)36-8-9-37(28(2,3)16-36)27(41)18-4-6-22-21(12-18)34-35-38(22)10-11-39/h5,7,13-15,17-18,39H,4,6,8-12,16H2,1-3H3,(H,31,33,40)/t17-,18?/m0/s1. The monoisotopic (exact) mass is 584 g/mol. The molecule has 224 valence electrons. The third-order valence-electron chi connectivity index (χ3n) is 7.86. The van der Waals surface area contributed by atoms with Crippen molar-refractivity contribution in [3.05, 3.63) is 53.6 Å². The Morgan fingerprint density at radius 1 is 1.21 bits per heavy atom. The van der Waals surface area contributed by atoms with Crippen LogP contribution >= 0.6 is 0 Å². The Morgan fingerprint density at radius 3 is 2.71 bits per heavy atom. The molecule has 1 unspecified atom stereocenters. The van der Waals surface area contributed by atoms with E-state index >= 15 is 0 Å². The molecular formula is C28H34F2N8O4. The van der Waals surface area contributed by atoms with Gasteiger partial charge in [-0.05, 0) is 45.7 Å². The zero-order valence-corrected chi connectivity index (χ0v) is 23.8. The van der Waals surface area contributed by atoms with Gasteiger partial charge in [-0.25, -0.2) is 23.4 Å². The van der Waals surface area contributed by atoms with E-state index in [0.29, 0.717) is 51.5 Å². The molecule has 2 amide bonds. The van der Waals surface area contributed by atoms with Crippen LogP contribution in [0.4, 0.5) is 14.6 Å². The Balaban J connectivity index is 1.15. The number of anilines is 1. The molecular weight excluding hydrogens is 550 g/mol. The van der Waals surface area contributed by atoms with Gasteiger partial charge in [0.25, 0.3) is 0 Å². The Hall–Kier alpha value is -4.04. The first kappa shape index (κ1) is 29.5. The van der Waals surface area contributed by atoms with E-state index in [2.05, 4.69) is 25.6 Å². The van der Waals surface area contributed by atoms with Crippen molar-refractivity contribution in [2.75, 3.05) is 31.6 Å². The Kier molecular flexibility index (Phi) is 8.45. The lowest BCUT2D eigenvalue weighted by Gasteiger charge is -2.49. The molecule has 0 bridgehead atoms. The van der Waals surface area contributed by atoms with Gasteiger partial charge in [-0.15, -0.1) is 5.10 Å². The molecule has 42 heavy (non-hydrogen) atoms. The number of nitrogens with one attached hydrogen (secondary N) is 1. The zero-order valence-electron chi connectivity index (χ0n) is 23.8. The summed E-state index contributed by atoms with van der Waals surface area (Å²) in [5.74, 6) is -2.01. The van der Waals surface area contributed by atoms with E-state index in [1.54, 1.807) is 11.6 Å². The fourth-order valence-electron chi connectivity index (χ4n) is 5.58. The fourth-order valence-corrected chi connectivity index (χ4v) is 5.58. The number of hydrogen-bond donors (Lipinski definition) is 2. The Bertz CT molecular complexity index is 1450. The number of hydrogen-bond acceptors (Lipinski definition) is 9. The second-order valence-electron chi connectivity index (χ2n) is 11.2. The summed E-state index contributed by atoms with van der Waals surface area (Å²) in [6.45, 7) is 7.69. The molecule has 3 heterocycles. The molecule has 3 aromatic rings. The van der Waals surface area contributed by atoms with Gasteiger partial charge in [-0.1, -0.05) is 5.21 Å². The lowest BCUT2D eigenvalue weighted by Crippen LogP contribution is -2.64. The van der Waals surface area contributed by atoms with E-state index in [0.717, 1.165) is 23.5 Å². The number of benzene rings is 1. The van der Waals surface area contributed by atoms with Gasteiger partial charge in [0.15, 0.2) is 17.4 Å². The van der Waals surface area contributed by atoms with E-state index in [1.165, 1.54) is 12.4 Å². The number of ether oxygens (including phenoxy) is 1. The first-order valence-corrected chi connectivity index (χ1v) is 13.9. The topological polar surface area (TPSA) is 139 Å². The fraction of sp³-hybridized carbons (Fsp3) is 0.500. The molecule has 1 aromatic carbocycles. The number of piperazine rings is 1. The summed E-state index contributed by atoms with van der Waals surface area (Å²) in [6, 6.07) is 2.41. The highest BCUT2D eigenvalue weighted by molar-refractivity contribution is 5.93. The number of nitrogens with zero attached hydrogens (tertiary/aromatic N) is 7. The predicted octanol–water partition coefficient (Wildman–Crippen LogP) is 2.19. The molecule has 1 fully saturated rings. The largest absolute Gasteiger partial charge is 0.434 e. The maximum atomic E-state index is 13.8. The van der Waals surface area contributed by atoms with Crippen LogP contribution in [-0.4, -0.2) is 89.5 Å². The maximum Gasteiger partial charge on any atom is 0.242 e. The molecule has 1 aliphatic carbocycles. The molecule has 12 nitrogen and oxygen atoms in total. The highest BCUT2D eigenvalue weighted by Crippen LogP contribution is 2.30. The molecule has 2 N–H and O–H groups in total. The molecule has 1 saturated heterocycles. The lowest BCUT2D eigenvalue weighted by molar-refractivity contribution is -0.146. The van der Waals surface area contributed by atoms with Gasteiger partial charge in [0, 0.05) is 38.0 Å². The third-order valence-corrected chi connectivity index (χ3v) is 7.86. The Morgan fingerprint density at radius 2 is 2.02 bits per heavy atom. The number of aliphatic hydroxyl groups is 1. The van der Waals surface area contributed by atoms with Crippen molar-refractivity contribution in [3.63, 3.8) is 0 Å². The normalized spacial score (nSPS) is 19.2. The number of carbonyl (C=O) groups excluding carboxylic acids is 2. The quantitative estimate of drug-likeness (QED) is 0.408. The van der Waals surface area contributed by atoms with Crippen molar-refractivity contribution in [1.29, 1.82) is 0 Å². The molecule has 2 aliphatic rings. The van der Waals surface area contributed by atoms with Crippen LogP contribution in [0.25, 0.3) is 0 Å². The van der Waals surface area contributed by atoms with Crippen molar-refractivity contribution in [3.8, 4) is 11.6 Å². The smallest absolute Gasteiger partial charge is 0.242 e. The highest BCUT2D eigenvalue weighted by Gasteiger charge is 2.42. The van der Waals surface area contributed by atoms with Gasteiger partial charge in [-0.3, -0.25) is 14.5 Å². The van der Waals surface area contributed by atoms with Crippen LogP contribution in [0.2, 0.25) is 0 Å². The number of aliphatic hydroxyl groups excluding tert-OH is 1. The van der Waals surface area contributed by atoms with Gasteiger partial charge in [-0.2, -0.15) is 0 Å². The molecule has 5 rings (SSSR count). The van der Waals surface area contributed by atoms with E-state index in [9.17, 15) is 23.5 Å². The first-order valence-electron chi connectivity index (χ1n) is 13.9. The summed E-state index contributed by atoms with van der Waals surface area (Å²) in [5, 5.41) is 20.3. The third kappa shape index (κ3) is 6.23. The predicted molar refractivity (Wildman–Crippen MR) is 147 cm³/mol. The van der Waals surface area contributed by atoms with E-state index in [-0.39, 0.29) is 41.8 Å². The number of aromatic nitrogens is 5. The number of halogens is 2. The van der Waals surface area contributed by atoms with Gasteiger partial charge in [0.2, 0.25) is 17.7 Å². The van der Waals surface area contributed by atoms with Gasteiger partial charge in [0.05, 0.1) is 48.5 Å². The highest BCUT2D eigenvalue weighted by atomic mass is 19.1. The number of amides is 2. The minimum atomic E-state index is -0.871. The molecule has 1 aliphatic heterocycles. The second-order valence-corrected chi connectivity index (χ2v) is 11.2. The molecule has 0 saturated carbocycles. The van der Waals surface area contributed by atoms with Crippen molar-refractivity contribution >= 4 is 17.6 Å². The van der Waals surface area contributed by atoms with Crippen LogP contribution in [0.1, 0.15) is 38.6 Å². The molecule has 2 atom stereocenters. The van der Waals surface area contributed by atoms with Crippen molar-refractivity contribution in [2.24, 2.45) is 5.92 Å². The minimum absolute atomic E-state index is 0.0110. The summed E-state index contributed by atoms with van der Waals surface area (Å²) >= 11 is 0. The van der Waals surface area contributed by atoms with Crippen LogP contribution < -0.4 is 10.1 Å². The summed E-state index contributed by atoms with van der Waals surface area (Å²) in [5.41, 5.74) is 1.30. The lowest BCUT2D eigenvalue weighted by atomic mass is 9.86. The van der Waals surface area contributed by atoms with Crippen LogP contribution in [0.15, 0.2) is 30.6 Å². The number of carbonyl (C=O) groups is 2. The van der Waals surface area contributed by atoms with Gasteiger partial charge >= 0.3 is 0 Å².